The number of carbonyl (C=O) groups is 1. The Kier molecular flexibility index (Phi) is 3.22. The average Bonchev–Trinajstić information content (AvgIpc) is 2.82. The van der Waals surface area contributed by atoms with Gasteiger partial charge in [0, 0.05) is 22.7 Å². The number of nitrogens with one attached hydrogen (secondary N) is 1. The van der Waals surface area contributed by atoms with Gasteiger partial charge in [0.25, 0.3) is 0 Å². The molecule has 4 heteroatoms. The number of rotatable bonds is 3. The van der Waals surface area contributed by atoms with E-state index in [0.717, 1.165) is 16.6 Å². The molecule has 1 heterocycles. The number of benzene rings is 2. The Morgan fingerprint density at radius 3 is 2.67 bits per heavy atom. The maximum Gasteiger partial charge on any atom is 0.198 e. The van der Waals surface area contributed by atoms with E-state index < -0.39 is 5.82 Å². The molecule has 0 aliphatic rings. The molecule has 0 aliphatic heterocycles. The van der Waals surface area contributed by atoms with E-state index in [1.54, 1.807) is 6.07 Å². The van der Waals surface area contributed by atoms with Gasteiger partial charge in [-0.15, -0.1) is 0 Å². The van der Waals surface area contributed by atoms with Gasteiger partial charge in [-0.25, -0.2) is 4.39 Å². The van der Waals surface area contributed by atoms with E-state index in [9.17, 15) is 9.18 Å². The first kappa shape index (κ1) is 13.4. The molecule has 3 nitrogen and oxygen atoms in total. The molecule has 0 unspecified atom stereocenters. The highest BCUT2D eigenvalue weighted by atomic mass is 19.1. The van der Waals surface area contributed by atoms with Crippen LogP contribution in [-0.2, 0) is 0 Å². The first-order chi connectivity index (χ1) is 10.1. The van der Waals surface area contributed by atoms with Gasteiger partial charge in [-0.2, -0.15) is 0 Å². The Hall–Kier alpha value is -2.62. The van der Waals surface area contributed by atoms with Crippen LogP contribution in [0.3, 0.4) is 0 Å². The molecule has 3 rings (SSSR count). The van der Waals surface area contributed by atoms with Crippen LogP contribution < -0.4 is 4.74 Å². The fraction of sp³-hybridized carbons (Fsp3) is 0.118. The summed E-state index contributed by atoms with van der Waals surface area (Å²) < 4.78 is 19.1. The van der Waals surface area contributed by atoms with Crippen LogP contribution >= 0.6 is 0 Å². The predicted molar refractivity (Wildman–Crippen MR) is 79.4 cm³/mol. The van der Waals surface area contributed by atoms with Crippen molar-refractivity contribution in [2.75, 3.05) is 7.11 Å². The maximum atomic E-state index is 14.1. The van der Waals surface area contributed by atoms with E-state index in [-0.39, 0.29) is 11.3 Å². The van der Waals surface area contributed by atoms with Crippen LogP contribution in [0.5, 0.6) is 5.75 Å². The molecule has 0 atom stereocenters. The highest BCUT2D eigenvalue weighted by Gasteiger charge is 2.20. The Morgan fingerprint density at radius 2 is 1.95 bits per heavy atom. The third kappa shape index (κ3) is 2.18. The zero-order valence-electron chi connectivity index (χ0n) is 11.7. The van der Waals surface area contributed by atoms with Crippen molar-refractivity contribution in [1.82, 2.24) is 4.98 Å². The number of methoxy groups -OCH3 is 1. The minimum atomic E-state index is -0.580. The molecule has 106 valence electrons. The molecule has 1 aromatic heterocycles. The minimum absolute atomic E-state index is 0.0450. The third-order valence-corrected chi connectivity index (χ3v) is 3.54. The van der Waals surface area contributed by atoms with Crippen molar-refractivity contribution < 1.29 is 13.9 Å². The van der Waals surface area contributed by atoms with Gasteiger partial charge < -0.3 is 9.72 Å². The molecule has 0 fully saturated rings. The highest BCUT2D eigenvalue weighted by Crippen LogP contribution is 2.26. The summed E-state index contributed by atoms with van der Waals surface area (Å²) in [5.74, 6) is -0.520. The van der Waals surface area contributed by atoms with E-state index in [2.05, 4.69) is 4.98 Å². The molecule has 1 N–H and O–H groups in total. The number of carbonyl (C=O) groups excluding carboxylic acids is 1. The molecule has 0 bridgehead atoms. The molecule has 0 radical (unpaired) electrons. The van der Waals surface area contributed by atoms with Crippen molar-refractivity contribution in [2.24, 2.45) is 0 Å². The molecule has 0 amide bonds. The smallest absolute Gasteiger partial charge is 0.198 e. The topological polar surface area (TPSA) is 42.1 Å². The lowest BCUT2D eigenvalue weighted by Crippen LogP contribution is -2.05. The van der Waals surface area contributed by atoms with Crippen LogP contribution in [0.2, 0.25) is 0 Å². The van der Waals surface area contributed by atoms with Crippen LogP contribution in [0.15, 0.2) is 42.5 Å². The quantitative estimate of drug-likeness (QED) is 0.742. The summed E-state index contributed by atoms with van der Waals surface area (Å²) in [4.78, 5) is 15.8. The van der Waals surface area contributed by atoms with Gasteiger partial charge in [-0.1, -0.05) is 18.2 Å². The SMILES string of the molecule is COc1ccc(C(=O)c2c(C)[nH]c3ccccc23)c(F)c1. The van der Waals surface area contributed by atoms with Crippen LogP contribution in [0, 0.1) is 12.7 Å². The van der Waals surface area contributed by atoms with Crippen molar-refractivity contribution in [3.8, 4) is 5.75 Å². The van der Waals surface area contributed by atoms with Crippen molar-refractivity contribution >= 4 is 16.7 Å². The van der Waals surface area contributed by atoms with Crippen LogP contribution in [0.4, 0.5) is 4.39 Å². The maximum absolute atomic E-state index is 14.1. The third-order valence-electron chi connectivity index (χ3n) is 3.54. The van der Waals surface area contributed by atoms with Gasteiger partial charge in [-0.05, 0) is 25.1 Å². The zero-order valence-corrected chi connectivity index (χ0v) is 11.7. The van der Waals surface area contributed by atoms with E-state index in [1.165, 1.54) is 19.2 Å². The van der Waals surface area contributed by atoms with Gasteiger partial charge in [0.15, 0.2) is 5.78 Å². The van der Waals surface area contributed by atoms with E-state index in [1.807, 2.05) is 31.2 Å². The van der Waals surface area contributed by atoms with Gasteiger partial charge in [0.2, 0.25) is 0 Å². The number of halogens is 1. The van der Waals surface area contributed by atoms with Gasteiger partial charge in [-0.3, -0.25) is 4.79 Å². The number of hydrogen-bond donors (Lipinski definition) is 1. The lowest BCUT2D eigenvalue weighted by Gasteiger charge is -2.05. The number of ketones is 1. The lowest BCUT2D eigenvalue weighted by molar-refractivity contribution is 0.103. The molecule has 0 spiro atoms. The number of H-pyrrole nitrogens is 1. The number of aryl methyl sites for hydroxylation is 1. The zero-order chi connectivity index (χ0) is 15.0. The first-order valence-corrected chi connectivity index (χ1v) is 6.57. The van der Waals surface area contributed by atoms with Crippen molar-refractivity contribution in [3.63, 3.8) is 0 Å². The summed E-state index contributed by atoms with van der Waals surface area (Å²) in [6.07, 6.45) is 0. The van der Waals surface area contributed by atoms with Gasteiger partial charge in [0.1, 0.15) is 11.6 Å². The monoisotopic (exact) mass is 283 g/mol. The molecule has 3 aromatic rings. The minimum Gasteiger partial charge on any atom is -0.497 e. The second kappa shape index (κ2) is 5.05. The van der Waals surface area contributed by atoms with E-state index >= 15 is 0 Å². The summed E-state index contributed by atoms with van der Waals surface area (Å²) in [6, 6.07) is 11.8. The molecule has 0 saturated carbocycles. The number of hydrogen-bond acceptors (Lipinski definition) is 2. The number of ether oxygens (including phenoxy) is 1. The molecular weight excluding hydrogens is 269 g/mol. The fourth-order valence-corrected chi connectivity index (χ4v) is 2.51. The number of aromatic amines is 1. The standard InChI is InChI=1S/C17H14FNO2/c1-10-16(13-5-3-4-6-15(13)19-10)17(20)12-8-7-11(21-2)9-14(12)18/h3-9,19H,1-2H3. The fourth-order valence-electron chi connectivity index (χ4n) is 2.51. The lowest BCUT2D eigenvalue weighted by atomic mass is 10.00. The van der Waals surface area contributed by atoms with Gasteiger partial charge >= 0.3 is 0 Å². The van der Waals surface area contributed by atoms with Crippen LogP contribution in [0.25, 0.3) is 10.9 Å². The van der Waals surface area contributed by atoms with Crippen molar-refractivity contribution in [3.05, 3.63) is 65.1 Å². The number of fused-ring (bicyclic) bond motifs is 1. The largest absolute Gasteiger partial charge is 0.497 e. The Balaban J connectivity index is 2.15. The van der Waals surface area contributed by atoms with Crippen molar-refractivity contribution in [1.29, 1.82) is 0 Å². The predicted octanol–water partition coefficient (Wildman–Crippen LogP) is 3.86. The van der Waals surface area contributed by atoms with Gasteiger partial charge in [0.05, 0.1) is 18.2 Å². The Labute approximate surface area is 121 Å². The van der Waals surface area contributed by atoms with E-state index in [0.29, 0.717) is 11.3 Å². The molecule has 2 aromatic carbocycles. The summed E-state index contributed by atoms with van der Waals surface area (Å²) in [6.45, 7) is 1.81. The Morgan fingerprint density at radius 1 is 1.19 bits per heavy atom. The summed E-state index contributed by atoms with van der Waals surface area (Å²) in [5, 5.41) is 0.801. The molecular formula is C17H14FNO2. The first-order valence-electron chi connectivity index (χ1n) is 6.57. The number of aromatic nitrogens is 1. The average molecular weight is 283 g/mol. The summed E-state index contributed by atoms with van der Waals surface area (Å²) in [5.41, 5.74) is 2.15. The van der Waals surface area contributed by atoms with Crippen molar-refractivity contribution in [2.45, 2.75) is 6.92 Å². The molecule has 0 aliphatic carbocycles. The Bertz CT molecular complexity index is 836. The summed E-state index contributed by atoms with van der Waals surface area (Å²) >= 11 is 0. The normalized spacial score (nSPS) is 10.8. The van der Waals surface area contributed by atoms with E-state index in [4.69, 9.17) is 4.74 Å². The molecule has 0 saturated heterocycles. The van der Waals surface area contributed by atoms with Crippen LogP contribution in [0.1, 0.15) is 21.6 Å². The number of para-hydroxylation sites is 1. The second-order valence-electron chi connectivity index (χ2n) is 4.85. The highest BCUT2D eigenvalue weighted by molar-refractivity contribution is 6.17. The summed E-state index contributed by atoms with van der Waals surface area (Å²) in [7, 11) is 1.46. The van der Waals surface area contributed by atoms with Crippen LogP contribution in [-0.4, -0.2) is 17.9 Å². The molecule has 21 heavy (non-hydrogen) atoms. The second-order valence-corrected chi connectivity index (χ2v) is 4.85.